The number of aliphatic hydroxyl groups excluding tert-OH is 1. The quantitative estimate of drug-likeness (QED) is 0.0197. The van der Waals surface area contributed by atoms with Gasteiger partial charge in [-0.1, -0.05) is 234 Å². The van der Waals surface area contributed by atoms with Gasteiger partial charge in [0.2, 0.25) is 0 Å². The van der Waals surface area contributed by atoms with E-state index in [1.54, 1.807) is 0 Å². The molecule has 0 aromatic rings. The standard InChI is InChI=1S/C68H117O11P/c1-4-7-10-13-16-19-22-25-28-30-32-34-37-39-42-45-48-51-54-57-66(70)75-61-65(79-68(72)59-56-53-50-47-44-41-38-35-33-31-29-26-23-20-17-14-11-8-5-2)63-77-80(73,74)76-62-64(60-69)78-67(71)58-55-52-49-46-43-40-36-27-24-21-18-15-12-9-6-3/h7,10,16,18-19,21,25-29,32,34,36,39,42,64-65,69H,4-6,8-9,11-15,17,20,22-24,30-31,33,35,37-38,40-41,43-63H2,1-3H3,(H,73,74)/b10-7-,19-16-,21-18-,28-25-,29-26-,34-32-,36-27-,42-39-. The molecule has 0 heterocycles. The van der Waals surface area contributed by atoms with Crippen molar-refractivity contribution in [2.24, 2.45) is 0 Å². The summed E-state index contributed by atoms with van der Waals surface area (Å²) in [6, 6.07) is 0. The van der Waals surface area contributed by atoms with E-state index in [9.17, 15) is 28.9 Å². The number of unbranched alkanes of at least 4 members (excludes halogenated alkanes) is 26. The molecule has 0 rings (SSSR count). The van der Waals surface area contributed by atoms with Crippen LogP contribution in [0, 0.1) is 0 Å². The van der Waals surface area contributed by atoms with Crippen molar-refractivity contribution in [3.05, 3.63) is 97.2 Å². The first-order valence-electron chi connectivity index (χ1n) is 32.1. The van der Waals surface area contributed by atoms with E-state index >= 15 is 0 Å². The van der Waals surface area contributed by atoms with Crippen LogP contribution in [-0.2, 0) is 42.2 Å². The van der Waals surface area contributed by atoms with Gasteiger partial charge in [0.1, 0.15) is 12.7 Å². The van der Waals surface area contributed by atoms with Crippen LogP contribution in [0.2, 0.25) is 0 Å². The molecule has 0 fully saturated rings. The lowest BCUT2D eigenvalue weighted by Crippen LogP contribution is -2.30. The molecule has 2 N–H and O–H groups in total. The van der Waals surface area contributed by atoms with Crippen molar-refractivity contribution in [3.63, 3.8) is 0 Å². The summed E-state index contributed by atoms with van der Waals surface area (Å²) < 4.78 is 39.6. The van der Waals surface area contributed by atoms with Gasteiger partial charge in [-0.25, -0.2) is 4.57 Å². The molecule has 0 saturated heterocycles. The molecule has 0 radical (unpaired) electrons. The van der Waals surface area contributed by atoms with Crippen LogP contribution in [0.4, 0.5) is 0 Å². The van der Waals surface area contributed by atoms with E-state index in [-0.39, 0.29) is 25.9 Å². The van der Waals surface area contributed by atoms with Crippen LogP contribution in [0.25, 0.3) is 0 Å². The number of allylic oxidation sites excluding steroid dienone is 16. The van der Waals surface area contributed by atoms with Gasteiger partial charge in [0.25, 0.3) is 0 Å². The maximum atomic E-state index is 13.0. The molecule has 80 heavy (non-hydrogen) atoms. The third-order valence-electron chi connectivity index (χ3n) is 13.5. The molecule has 0 saturated carbocycles. The number of phosphoric acid groups is 1. The maximum Gasteiger partial charge on any atom is 0.472 e. The summed E-state index contributed by atoms with van der Waals surface area (Å²) in [5, 5.41) is 9.85. The molecule has 0 aliphatic rings. The Morgan fingerprint density at radius 2 is 0.650 bits per heavy atom. The molecule has 3 atom stereocenters. The molecule has 0 spiro atoms. The van der Waals surface area contributed by atoms with Gasteiger partial charge in [-0.2, -0.15) is 0 Å². The fourth-order valence-corrected chi connectivity index (χ4v) is 9.37. The fraction of sp³-hybridized carbons (Fsp3) is 0.721. The van der Waals surface area contributed by atoms with E-state index in [1.165, 1.54) is 103 Å². The number of carbonyl (C=O) groups is 3. The summed E-state index contributed by atoms with van der Waals surface area (Å²) in [6.45, 7) is 4.47. The third kappa shape index (κ3) is 59.0. The molecule has 0 aromatic carbocycles. The predicted molar refractivity (Wildman–Crippen MR) is 334 cm³/mol. The van der Waals surface area contributed by atoms with E-state index in [2.05, 4.69) is 118 Å². The minimum absolute atomic E-state index is 0.153. The average Bonchev–Trinajstić information content (AvgIpc) is 3.45. The highest BCUT2D eigenvalue weighted by atomic mass is 31.2. The number of esters is 3. The molecule has 0 aliphatic heterocycles. The van der Waals surface area contributed by atoms with Crippen LogP contribution >= 0.6 is 7.82 Å². The van der Waals surface area contributed by atoms with Gasteiger partial charge in [-0.05, 0) is 122 Å². The fourth-order valence-electron chi connectivity index (χ4n) is 8.58. The Labute approximate surface area is 489 Å². The van der Waals surface area contributed by atoms with Crippen molar-refractivity contribution >= 4 is 25.7 Å². The van der Waals surface area contributed by atoms with Gasteiger partial charge in [0, 0.05) is 19.3 Å². The molecular formula is C68H117O11P. The lowest BCUT2D eigenvalue weighted by atomic mass is 10.1. The minimum Gasteiger partial charge on any atom is -0.462 e. The summed E-state index contributed by atoms with van der Waals surface area (Å²) in [4.78, 5) is 48.7. The molecule has 12 heteroatoms. The van der Waals surface area contributed by atoms with Crippen molar-refractivity contribution in [1.29, 1.82) is 0 Å². The Morgan fingerprint density at radius 1 is 0.362 bits per heavy atom. The van der Waals surface area contributed by atoms with E-state index in [0.29, 0.717) is 19.3 Å². The number of aliphatic hydroxyl groups is 1. The normalized spacial score (nSPS) is 13.9. The summed E-state index contributed by atoms with van der Waals surface area (Å²) in [5.74, 6) is -1.52. The maximum absolute atomic E-state index is 13.0. The third-order valence-corrected chi connectivity index (χ3v) is 14.4. The smallest absolute Gasteiger partial charge is 0.462 e. The Bertz CT molecular complexity index is 1710. The lowest BCUT2D eigenvalue weighted by Gasteiger charge is -2.21. The number of hydrogen-bond acceptors (Lipinski definition) is 10. The van der Waals surface area contributed by atoms with E-state index in [1.807, 2.05) is 0 Å². The molecule has 460 valence electrons. The molecule has 11 nitrogen and oxygen atoms in total. The Morgan fingerprint density at radius 3 is 1.05 bits per heavy atom. The first-order valence-corrected chi connectivity index (χ1v) is 33.6. The van der Waals surface area contributed by atoms with Gasteiger partial charge in [-0.3, -0.25) is 23.4 Å². The van der Waals surface area contributed by atoms with Gasteiger partial charge >= 0.3 is 25.7 Å². The Hall–Kier alpha value is -3.60. The minimum atomic E-state index is -4.77. The summed E-state index contributed by atoms with van der Waals surface area (Å²) >= 11 is 0. The van der Waals surface area contributed by atoms with Crippen LogP contribution in [0.5, 0.6) is 0 Å². The van der Waals surface area contributed by atoms with Crippen molar-refractivity contribution in [2.45, 2.75) is 290 Å². The second kappa shape index (κ2) is 61.5. The molecule has 0 amide bonds. The van der Waals surface area contributed by atoms with E-state index in [4.69, 9.17) is 23.3 Å². The summed E-state index contributed by atoms with van der Waals surface area (Å²) in [7, 11) is -4.77. The zero-order chi connectivity index (χ0) is 58.3. The monoisotopic (exact) mass is 1140 g/mol. The molecular weight excluding hydrogens is 1020 g/mol. The number of ether oxygens (including phenoxy) is 3. The number of phosphoric ester groups is 1. The zero-order valence-electron chi connectivity index (χ0n) is 51.0. The Kier molecular flexibility index (Phi) is 58.7. The second-order valence-corrected chi connectivity index (χ2v) is 22.6. The Balaban J connectivity index is 4.78. The van der Waals surface area contributed by atoms with Crippen LogP contribution < -0.4 is 0 Å². The summed E-state index contributed by atoms with van der Waals surface area (Å²) in [5.41, 5.74) is 0. The van der Waals surface area contributed by atoms with Crippen LogP contribution in [-0.4, -0.2) is 66.5 Å². The van der Waals surface area contributed by atoms with Gasteiger partial charge in [0.05, 0.1) is 19.8 Å². The molecule has 3 unspecified atom stereocenters. The van der Waals surface area contributed by atoms with Crippen molar-refractivity contribution in [1.82, 2.24) is 0 Å². The van der Waals surface area contributed by atoms with Crippen molar-refractivity contribution in [2.75, 3.05) is 26.4 Å². The van der Waals surface area contributed by atoms with Crippen LogP contribution in [0.15, 0.2) is 97.2 Å². The highest BCUT2D eigenvalue weighted by molar-refractivity contribution is 7.47. The average molecular weight is 1140 g/mol. The molecule has 0 aliphatic carbocycles. The molecule has 0 bridgehead atoms. The largest absolute Gasteiger partial charge is 0.472 e. The molecule has 0 aromatic heterocycles. The lowest BCUT2D eigenvalue weighted by molar-refractivity contribution is -0.161. The van der Waals surface area contributed by atoms with Crippen LogP contribution in [0.1, 0.15) is 278 Å². The van der Waals surface area contributed by atoms with E-state index in [0.717, 1.165) is 116 Å². The number of hydrogen-bond donors (Lipinski definition) is 2. The number of carbonyl (C=O) groups excluding carboxylic acids is 3. The topological polar surface area (TPSA) is 155 Å². The van der Waals surface area contributed by atoms with E-state index < -0.39 is 57.8 Å². The van der Waals surface area contributed by atoms with Crippen LogP contribution in [0.3, 0.4) is 0 Å². The zero-order valence-corrected chi connectivity index (χ0v) is 51.9. The SMILES string of the molecule is CC/C=C\C/C=C\C/C=C\C/C=C\C/C=C\CCCCCC(=O)OCC(COP(=O)(O)OCC(CO)OC(=O)CCCCCCC/C=C\C/C=C\CCCCC)OC(=O)CCCCCCCCCCC/C=C\CCCCCCCC. The summed E-state index contributed by atoms with van der Waals surface area (Å²) in [6.07, 6.45) is 73.5. The highest BCUT2D eigenvalue weighted by Gasteiger charge is 2.28. The predicted octanol–water partition coefficient (Wildman–Crippen LogP) is 19.6. The first-order chi connectivity index (χ1) is 39.2. The first kappa shape index (κ1) is 76.4. The highest BCUT2D eigenvalue weighted by Crippen LogP contribution is 2.43. The van der Waals surface area contributed by atoms with Gasteiger partial charge in [0.15, 0.2) is 6.10 Å². The van der Waals surface area contributed by atoms with Gasteiger partial charge < -0.3 is 24.2 Å². The van der Waals surface area contributed by atoms with Crippen molar-refractivity contribution in [3.8, 4) is 0 Å². The number of rotatable bonds is 59. The van der Waals surface area contributed by atoms with Gasteiger partial charge in [-0.15, -0.1) is 0 Å². The van der Waals surface area contributed by atoms with Crippen molar-refractivity contribution < 1.29 is 52.2 Å². The second-order valence-electron chi connectivity index (χ2n) is 21.2.